The summed E-state index contributed by atoms with van der Waals surface area (Å²) in [6.45, 7) is 0. The number of fused-ring (bicyclic) bond motifs is 1. The molecule has 0 radical (unpaired) electrons. The Labute approximate surface area is 119 Å². The summed E-state index contributed by atoms with van der Waals surface area (Å²) in [5.41, 5.74) is 1.32. The monoisotopic (exact) mass is 274 g/mol. The number of thiophene rings is 1. The lowest BCUT2D eigenvalue weighted by Gasteiger charge is -2.23. The first kappa shape index (κ1) is 13.1. The molecule has 1 aliphatic carbocycles. The molecule has 1 heterocycles. The second kappa shape index (κ2) is 6.06. The van der Waals surface area contributed by atoms with E-state index in [2.05, 4.69) is 29.6 Å². The minimum atomic E-state index is -0.166. The number of aliphatic hydroxyl groups excluding tert-OH is 1. The van der Waals surface area contributed by atoms with Crippen LogP contribution in [0.5, 0.6) is 0 Å². The Hall–Kier alpha value is -0.860. The van der Waals surface area contributed by atoms with Crippen molar-refractivity contribution in [2.75, 3.05) is 0 Å². The molecule has 0 saturated heterocycles. The summed E-state index contributed by atoms with van der Waals surface area (Å²) in [7, 11) is 0. The smallest absolute Gasteiger partial charge is 0.0583 e. The zero-order valence-corrected chi connectivity index (χ0v) is 12.2. The fourth-order valence-electron chi connectivity index (χ4n) is 3.34. The molecule has 1 saturated carbocycles. The van der Waals surface area contributed by atoms with E-state index < -0.39 is 0 Å². The van der Waals surface area contributed by atoms with Gasteiger partial charge in [-0.25, -0.2) is 0 Å². The van der Waals surface area contributed by atoms with Crippen LogP contribution in [0.1, 0.15) is 44.1 Å². The van der Waals surface area contributed by atoms with E-state index in [-0.39, 0.29) is 6.10 Å². The van der Waals surface area contributed by atoms with Crippen LogP contribution in [0.3, 0.4) is 0 Å². The Kier molecular flexibility index (Phi) is 4.19. The Morgan fingerprint density at radius 2 is 1.95 bits per heavy atom. The molecule has 0 aliphatic heterocycles. The van der Waals surface area contributed by atoms with Crippen molar-refractivity contribution in [3.63, 3.8) is 0 Å². The molecule has 1 aromatic heterocycles. The van der Waals surface area contributed by atoms with Gasteiger partial charge in [-0.2, -0.15) is 0 Å². The quantitative estimate of drug-likeness (QED) is 0.851. The Balaban J connectivity index is 1.63. The van der Waals surface area contributed by atoms with Gasteiger partial charge in [0.25, 0.3) is 0 Å². The first-order chi connectivity index (χ1) is 9.33. The molecule has 1 N–H and O–H groups in total. The van der Waals surface area contributed by atoms with E-state index in [1.807, 2.05) is 0 Å². The molecule has 1 fully saturated rings. The van der Waals surface area contributed by atoms with Gasteiger partial charge in [0.05, 0.1) is 6.10 Å². The maximum Gasteiger partial charge on any atom is 0.0583 e. The lowest BCUT2D eigenvalue weighted by molar-refractivity contribution is 0.130. The second-order valence-corrected chi connectivity index (χ2v) is 6.77. The van der Waals surface area contributed by atoms with Crippen molar-refractivity contribution in [3.05, 3.63) is 35.2 Å². The first-order valence-corrected chi connectivity index (χ1v) is 8.34. The fraction of sp³-hybridized carbons (Fsp3) is 0.529. The molecule has 3 rings (SSSR count). The van der Waals surface area contributed by atoms with Crippen LogP contribution in [-0.4, -0.2) is 11.2 Å². The van der Waals surface area contributed by atoms with Crippen molar-refractivity contribution < 1.29 is 5.11 Å². The van der Waals surface area contributed by atoms with Crippen molar-refractivity contribution in [1.82, 2.24) is 0 Å². The van der Waals surface area contributed by atoms with E-state index in [0.717, 1.165) is 18.8 Å². The molecule has 1 atom stereocenters. The molecular weight excluding hydrogens is 252 g/mol. The molecule has 0 bridgehead atoms. The number of rotatable bonds is 4. The molecule has 0 amide bonds. The molecule has 1 aliphatic rings. The van der Waals surface area contributed by atoms with Gasteiger partial charge in [0.2, 0.25) is 0 Å². The van der Waals surface area contributed by atoms with E-state index in [9.17, 15) is 5.11 Å². The summed E-state index contributed by atoms with van der Waals surface area (Å²) in [6.07, 6.45) is 8.40. The van der Waals surface area contributed by atoms with Crippen LogP contribution in [0.4, 0.5) is 0 Å². The topological polar surface area (TPSA) is 20.2 Å². The molecule has 102 valence electrons. The third kappa shape index (κ3) is 3.18. The molecule has 1 aromatic carbocycles. The van der Waals surface area contributed by atoms with Crippen LogP contribution >= 0.6 is 11.3 Å². The van der Waals surface area contributed by atoms with E-state index >= 15 is 0 Å². The highest BCUT2D eigenvalue weighted by atomic mass is 32.1. The standard InChI is InChI=1S/C17H22OS/c18-15(10-13-6-2-1-3-7-13)11-14-12-19-17-9-5-4-8-16(14)17/h4-5,8-9,12-13,15,18H,1-3,6-7,10-11H2. The minimum Gasteiger partial charge on any atom is -0.393 e. The van der Waals surface area contributed by atoms with Gasteiger partial charge in [0, 0.05) is 4.70 Å². The van der Waals surface area contributed by atoms with Crippen molar-refractivity contribution >= 4 is 21.4 Å². The predicted octanol–water partition coefficient (Wildman–Crippen LogP) is 4.78. The normalized spacial score (nSPS) is 18.8. The van der Waals surface area contributed by atoms with Crippen molar-refractivity contribution in [2.45, 2.75) is 51.0 Å². The van der Waals surface area contributed by atoms with Crippen LogP contribution in [0, 0.1) is 5.92 Å². The van der Waals surface area contributed by atoms with Crippen LogP contribution in [0.25, 0.3) is 10.1 Å². The number of hydrogen-bond acceptors (Lipinski definition) is 2. The average Bonchev–Trinajstić information content (AvgIpc) is 2.83. The first-order valence-electron chi connectivity index (χ1n) is 7.46. The van der Waals surface area contributed by atoms with E-state index in [1.54, 1.807) is 11.3 Å². The molecule has 19 heavy (non-hydrogen) atoms. The summed E-state index contributed by atoms with van der Waals surface area (Å²) in [5.74, 6) is 0.758. The van der Waals surface area contributed by atoms with Gasteiger partial charge in [-0.05, 0) is 41.2 Å². The highest BCUT2D eigenvalue weighted by Crippen LogP contribution is 2.30. The number of aliphatic hydroxyl groups is 1. The number of benzene rings is 1. The van der Waals surface area contributed by atoms with Crippen LogP contribution in [0.2, 0.25) is 0 Å². The van der Waals surface area contributed by atoms with E-state index in [0.29, 0.717) is 0 Å². The summed E-state index contributed by atoms with van der Waals surface area (Å²) >= 11 is 1.79. The lowest BCUT2D eigenvalue weighted by atomic mass is 9.84. The molecule has 1 nitrogen and oxygen atoms in total. The number of hydrogen-bond donors (Lipinski definition) is 1. The van der Waals surface area contributed by atoms with Gasteiger partial charge in [-0.15, -0.1) is 11.3 Å². The zero-order chi connectivity index (χ0) is 13.1. The Morgan fingerprint density at radius 1 is 1.16 bits per heavy atom. The lowest BCUT2D eigenvalue weighted by Crippen LogP contribution is -2.18. The molecular formula is C17H22OS. The summed E-state index contributed by atoms with van der Waals surface area (Å²) in [6, 6.07) is 8.51. The molecule has 0 spiro atoms. The summed E-state index contributed by atoms with van der Waals surface area (Å²) < 4.78 is 1.34. The molecule has 1 unspecified atom stereocenters. The fourth-order valence-corrected chi connectivity index (χ4v) is 4.31. The van der Waals surface area contributed by atoms with Gasteiger partial charge in [0.15, 0.2) is 0 Å². The second-order valence-electron chi connectivity index (χ2n) is 5.85. The van der Waals surface area contributed by atoms with E-state index in [1.165, 1.54) is 47.8 Å². The Morgan fingerprint density at radius 3 is 2.79 bits per heavy atom. The van der Waals surface area contributed by atoms with Gasteiger partial charge in [-0.3, -0.25) is 0 Å². The van der Waals surface area contributed by atoms with Crippen LogP contribution in [-0.2, 0) is 6.42 Å². The maximum atomic E-state index is 10.3. The zero-order valence-electron chi connectivity index (χ0n) is 11.3. The average molecular weight is 274 g/mol. The third-order valence-electron chi connectivity index (χ3n) is 4.35. The van der Waals surface area contributed by atoms with Gasteiger partial charge in [-0.1, -0.05) is 50.3 Å². The highest BCUT2D eigenvalue weighted by molar-refractivity contribution is 7.17. The third-order valence-corrected chi connectivity index (χ3v) is 5.36. The summed E-state index contributed by atoms with van der Waals surface area (Å²) in [4.78, 5) is 0. The van der Waals surface area contributed by atoms with Crippen LogP contribution in [0.15, 0.2) is 29.6 Å². The molecule has 2 aromatic rings. The summed E-state index contributed by atoms with van der Waals surface area (Å²) in [5, 5.41) is 13.9. The van der Waals surface area contributed by atoms with Crippen molar-refractivity contribution in [2.24, 2.45) is 5.92 Å². The largest absolute Gasteiger partial charge is 0.393 e. The minimum absolute atomic E-state index is 0.166. The van der Waals surface area contributed by atoms with Gasteiger partial charge >= 0.3 is 0 Å². The SMILES string of the molecule is OC(Cc1csc2ccccc12)CC1CCCCC1. The Bertz CT molecular complexity index is 525. The van der Waals surface area contributed by atoms with Crippen LogP contribution < -0.4 is 0 Å². The predicted molar refractivity (Wildman–Crippen MR) is 82.7 cm³/mol. The van der Waals surface area contributed by atoms with Crippen molar-refractivity contribution in [3.8, 4) is 0 Å². The molecule has 2 heteroatoms. The van der Waals surface area contributed by atoms with Crippen molar-refractivity contribution in [1.29, 1.82) is 0 Å². The maximum absolute atomic E-state index is 10.3. The van der Waals surface area contributed by atoms with E-state index in [4.69, 9.17) is 0 Å². The van der Waals surface area contributed by atoms with Gasteiger partial charge in [0.1, 0.15) is 0 Å². The van der Waals surface area contributed by atoms with Gasteiger partial charge < -0.3 is 5.11 Å². The highest BCUT2D eigenvalue weighted by Gasteiger charge is 2.18.